The summed E-state index contributed by atoms with van der Waals surface area (Å²) in [6, 6.07) is 65.1. The summed E-state index contributed by atoms with van der Waals surface area (Å²) in [5.41, 5.74) is 10.2. The number of nitrogens with zero attached hydrogens (tertiary/aromatic N) is 2. The summed E-state index contributed by atoms with van der Waals surface area (Å²) >= 11 is 0. The summed E-state index contributed by atoms with van der Waals surface area (Å²) in [6.45, 7) is 14.7. The second-order valence-electron chi connectivity index (χ2n) is 15.6. The molecule has 0 amide bonds. The van der Waals surface area contributed by atoms with Gasteiger partial charge in [-0.05, 0) is 70.4 Å². The van der Waals surface area contributed by atoms with Gasteiger partial charge in [0.05, 0.1) is 13.8 Å². The average molecular weight is 739 g/mol. The molecular formula is C48H50N4Si2. The summed E-state index contributed by atoms with van der Waals surface area (Å²) < 4.78 is 2.61. The van der Waals surface area contributed by atoms with Gasteiger partial charge in [0.2, 0.25) is 0 Å². The molecule has 1 aliphatic rings. The summed E-state index contributed by atoms with van der Waals surface area (Å²) in [6.07, 6.45) is 0. The van der Waals surface area contributed by atoms with Gasteiger partial charge in [-0.3, -0.25) is 4.90 Å². The lowest BCUT2D eigenvalue weighted by Gasteiger charge is -2.46. The van der Waals surface area contributed by atoms with Crippen molar-refractivity contribution in [3.63, 3.8) is 0 Å². The number of anilines is 4. The van der Waals surface area contributed by atoms with Crippen LogP contribution in [0.3, 0.4) is 0 Å². The lowest BCUT2D eigenvalue weighted by atomic mass is 9.88. The average Bonchev–Trinajstić information content (AvgIpc) is 3.18. The van der Waals surface area contributed by atoms with Crippen LogP contribution in [0.25, 0.3) is 11.1 Å². The Labute approximate surface area is 323 Å². The zero-order valence-corrected chi connectivity index (χ0v) is 34.2. The smallest absolute Gasteiger partial charge is 0.155 e. The van der Waals surface area contributed by atoms with E-state index in [1.54, 1.807) is 0 Å². The summed E-state index contributed by atoms with van der Waals surface area (Å²) in [4.78, 5) is 2.51. The molecule has 1 aliphatic heterocycles. The van der Waals surface area contributed by atoms with Gasteiger partial charge in [-0.25, -0.2) is 0 Å². The molecule has 0 fully saturated rings. The zero-order chi connectivity index (χ0) is 37.7. The molecule has 270 valence electrons. The topological polar surface area (TPSA) is 30.5 Å². The standard InChI is InChI=1S/C48H50N4Si2/c1-53(2,3)46-44(38-27-15-8-16-28-38)43(37-25-13-7-14-26-37)45(51(41-33-21-11-22-34-41)48(46)50-40-31-19-10-20-32-40)47(49-39-29-17-9-18-30-39)52(54(4,5)6)42-35-23-12-24-36-42/h7-36,49-50H,1-6H3/b47-45+. The van der Waals surface area contributed by atoms with Crippen molar-refractivity contribution in [2.75, 3.05) is 20.1 Å². The van der Waals surface area contributed by atoms with Crippen molar-refractivity contribution in [3.05, 3.63) is 216 Å². The molecule has 6 aromatic carbocycles. The van der Waals surface area contributed by atoms with Crippen LogP contribution in [-0.4, -0.2) is 16.3 Å². The van der Waals surface area contributed by atoms with Crippen LogP contribution in [0.1, 0.15) is 11.1 Å². The maximum Gasteiger partial charge on any atom is 0.155 e. The van der Waals surface area contributed by atoms with Crippen molar-refractivity contribution in [2.45, 2.75) is 39.3 Å². The molecule has 0 aromatic heterocycles. The summed E-state index contributed by atoms with van der Waals surface area (Å²) in [7, 11) is -4.37. The van der Waals surface area contributed by atoms with Crippen LogP contribution in [0.15, 0.2) is 205 Å². The van der Waals surface area contributed by atoms with Crippen LogP contribution in [-0.2, 0) is 0 Å². The molecule has 0 saturated heterocycles. The van der Waals surface area contributed by atoms with E-state index in [4.69, 9.17) is 0 Å². The fourth-order valence-corrected chi connectivity index (χ4v) is 11.0. The molecule has 0 spiro atoms. The second-order valence-corrected chi connectivity index (χ2v) is 25.4. The highest BCUT2D eigenvalue weighted by molar-refractivity contribution is 6.86. The Morgan fingerprint density at radius 1 is 0.481 bits per heavy atom. The second kappa shape index (κ2) is 15.6. The number of rotatable bonds is 11. The highest BCUT2D eigenvalue weighted by Crippen LogP contribution is 2.51. The lowest BCUT2D eigenvalue weighted by Crippen LogP contribution is -2.50. The lowest BCUT2D eigenvalue weighted by molar-refractivity contribution is 1.03. The molecule has 0 atom stereocenters. The van der Waals surface area contributed by atoms with Gasteiger partial charge in [-0.15, -0.1) is 0 Å². The molecular weight excluding hydrogens is 689 g/mol. The van der Waals surface area contributed by atoms with Gasteiger partial charge in [0, 0.05) is 28.3 Å². The molecule has 0 aliphatic carbocycles. The first-order chi connectivity index (χ1) is 26.1. The Morgan fingerprint density at radius 3 is 1.39 bits per heavy atom. The third kappa shape index (κ3) is 7.76. The third-order valence-electron chi connectivity index (χ3n) is 9.52. The zero-order valence-electron chi connectivity index (χ0n) is 32.2. The van der Waals surface area contributed by atoms with Crippen molar-refractivity contribution in [1.29, 1.82) is 0 Å². The largest absolute Gasteiger partial charge is 0.354 e. The normalized spacial score (nSPS) is 14.5. The first kappa shape index (κ1) is 36.5. The first-order valence-electron chi connectivity index (χ1n) is 18.8. The fraction of sp³-hybridized carbons (Fsp3) is 0.125. The molecule has 7 rings (SSSR count). The molecule has 4 nitrogen and oxygen atoms in total. The van der Waals surface area contributed by atoms with Crippen LogP contribution in [0, 0.1) is 0 Å². The monoisotopic (exact) mass is 738 g/mol. The maximum atomic E-state index is 4.09. The SMILES string of the molecule is C[Si](C)(C)C1=C(Nc2ccccc2)N(c2ccccc2)/C(=C(\Nc2ccccc2)N(c2ccccc2)[Si](C)(C)C)C(c2ccccc2)=C1c1ccccc1. The van der Waals surface area contributed by atoms with E-state index < -0.39 is 16.3 Å². The number of allylic oxidation sites excluding steroid dienone is 3. The van der Waals surface area contributed by atoms with E-state index in [1.807, 2.05) is 0 Å². The van der Waals surface area contributed by atoms with E-state index in [0.717, 1.165) is 45.7 Å². The minimum absolute atomic E-state index is 1.03. The van der Waals surface area contributed by atoms with Crippen molar-refractivity contribution in [3.8, 4) is 0 Å². The maximum absolute atomic E-state index is 4.09. The molecule has 0 unspecified atom stereocenters. The third-order valence-corrected chi connectivity index (χ3v) is 13.3. The number of para-hydroxylation sites is 4. The van der Waals surface area contributed by atoms with E-state index >= 15 is 0 Å². The van der Waals surface area contributed by atoms with Crippen LogP contribution in [0.4, 0.5) is 22.7 Å². The Hall–Kier alpha value is -5.83. The van der Waals surface area contributed by atoms with Crippen LogP contribution < -0.4 is 20.1 Å². The van der Waals surface area contributed by atoms with Gasteiger partial charge >= 0.3 is 0 Å². The van der Waals surface area contributed by atoms with E-state index in [9.17, 15) is 0 Å². The molecule has 0 radical (unpaired) electrons. The number of nitrogens with one attached hydrogen (secondary N) is 2. The van der Waals surface area contributed by atoms with Crippen molar-refractivity contribution >= 4 is 50.2 Å². The molecule has 1 heterocycles. The summed E-state index contributed by atoms with van der Waals surface area (Å²) in [5, 5.41) is 9.51. The predicted octanol–water partition coefficient (Wildman–Crippen LogP) is 12.9. The number of benzene rings is 6. The molecule has 0 bridgehead atoms. The van der Waals surface area contributed by atoms with Gasteiger partial charge < -0.3 is 15.2 Å². The Balaban J connectivity index is 1.75. The quantitative estimate of drug-likeness (QED) is 0.130. The minimum atomic E-state index is -2.20. The molecule has 0 saturated carbocycles. The van der Waals surface area contributed by atoms with Crippen molar-refractivity contribution in [1.82, 2.24) is 0 Å². The first-order valence-corrected chi connectivity index (χ1v) is 25.8. The fourth-order valence-electron chi connectivity index (χ4n) is 7.35. The van der Waals surface area contributed by atoms with Gasteiger partial charge in [0.15, 0.2) is 8.24 Å². The van der Waals surface area contributed by atoms with E-state index in [1.165, 1.54) is 21.9 Å². The van der Waals surface area contributed by atoms with Crippen molar-refractivity contribution < 1.29 is 0 Å². The molecule has 2 N–H and O–H groups in total. The number of hydrogen-bond acceptors (Lipinski definition) is 4. The van der Waals surface area contributed by atoms with Gasteiger partial charge in [-0.2, -0.15) is 0 Å². The van der Waals surface area contributed by atoms with Crippen LogP contribution >= 0.6 is 0 Å². The van der Waals surface area contributed by atoms with Gasteiger partial charge in [0.1, 0.15) is 11.6 Å². The Bertz CT molecular complexity index is 2260. The Morgan fingerprint density at radius 2 is 0.907 bits per heavy atom. The predicted molar refractivity (Wildman–Crippen MR) is 238 cm³/mol. The van der Waals surface area contributed by atoms with Crippen LogP contribution in [0.5, 0.6) is 0 Å². The van der Waals surface area contributed by atoms with Gasteiger partial charge in [-0.1, -0.05) is 173 Å². The van der Waals surface area contributed by atoms with E-state index in [0.29, 0.717) is 0 Å². The molecule has 6 heteroatoms. The minimum Gasteiger partial charge on any atom is -0.354 e. The Kier molecular flexibility index (Phi) is 10.6. The van der Waals surface area contributed by atoms with E-state index in [-0.39, 0.29) is 0 Å². The molecule has 6 aromatic rings. The van der Waals surface area contributed by atoms with Gasteiger partial charge in [0.25, 0.3) is 0 Å². The summed E-state index contributed by atoms with van der Waals surface area (Å²) in [5.74, 6) is 2.11. The molecule has 54 heavy (non-hydrogen) atoms. The highest BCUT2D eigenvalue weighted by atomic mass is 28.3. The van der Waals surface area contributed by atoms with Crippen molar-refractivity contribution in [2.24, 2.45) is 0 Å². The highest BCUT2D eigenvalue weighted by Gasteiger charge is 2.42. The van der Waals surface area contributed by atoms with Crippen LogP contribution in [0.2, 0.25) is 39.3 Å². The number of hydrogen-bond donors (Lipinski definition) is 2. The van der Waals surface area contributed by atoms with E-state index in [2.05, 4.69) is 241 Å².